The lowest BCUT2D eigenvalue weighted by atomic mass is 10.2. The molecule has 10 heteroatoms. The van der Waals surface area contributed by atoms with Gasteiger partial charge in [-0.15, -0.1) is 0 Å². The van der Waals surface area contributed by atoms with E-state index in [4.69, 9.17) is 9.47 Å². The van der Waals surface area contributed by atoms with Crippen LogP contribution in [0.15, 0.2) is 36.5 Å². The van der Waals surface area contributed by atoms with Gasteiger partial charge in [-0.25, -0.2) is 9.97 Å². The van der Waals surface area contributed by atoms with Gasteiger partial charge in [0.15, 0.2) is 0 Å². The minimum Gasteiger partial charge on any atom is -0.491 e. The van der Waals surface area contributed by atoms with Gasteiger partial charge in [-0.2, -0.15) is 4.37 Å². The van der Waals surface area contributed by atoms with E-state index in [0.717, 1.165) is 31.0 Å². The molecule has 32 heavy (non-hydrogen) atoms. The summed E-state index contributed by atoms with van der Waals surface area (Å²) in [4.78, 5) is 35.1. The normalized spacial score (nSPS) is 12.9. The molecule has 0 aliphatic carbocycles. The molecule has 3 heterocycles. The van der Waals surface area contributed by atoms with Crippen molar-refractivity contribution in [3.05, 3.63) is 53.6 Å². The monoisotopic (exact) mass is 453 g/mol. The van der Waals surface area contributed by atoms with Gasteiger partial charge < -0.3 is 14.4 Å². The van der Waals surface area contributed by atoms with Crippen LogP contribution in [-0.4, -0.2) is 50.2 Å². The molecule has 1 N–H and O–H groups in total. The molecule has 0 atom stereocenters. The summed E-state index contributed by atoms with van der Waals surface area (Å²) in [5, 5.41) is 3.15. The van der Waals surface area contributed by atoms with Crippen molar-refractivity contribution in [2.24, 2.45) is 0 Å². The molecule has 3 aromatic rings. The van der Waals surface area contributed by atoms with Crippen molar-refractivity contribution in [1.82, 2.24) is 19.2 Å². The zero-order valence-corrected chi connectivity index (χ0v) is 18.8. The van der Waals surface area contributed by atoms with Crippen molar-refractivity contribution in [3.63, 3.8) is 0 Å². The van der Waals surface area contributed by atoms with Crippen LogP contribution in [0.5, 0.6) is 17.2 Å². The number of amides is 2. The first kappa shape index (κ1) is 21.7. The van der Waals surface area contributed by atoms with Gasteiger partial charge in [0, 0.05) is 36.3 Å². The van der Waals surface area contributed by atoms with Crippen molar-refractivity contribution in [2.75, 3.05) is 18.4 Å². The number of aromatic nitrogens is 3. The van der Waals surface area contributed by atoms with E-state index in [1.807, 2.05) is 13.8 Å². The van der Waals surface area contributed by atoms with Crippen LogP contribution in [-0.2, 0) is 0 Å². The fourth-order valence-electron chi connectivity index (χ4n) is 3.00. The van der Waals surface area contributed by atoms with E-state index < -0.39 is 0 Å². The summed E-state index contributed by atoms with van der Waals surface area (Å²) in [6.45, 7) is 7.08. The Hall–Kier alpha value is -3.53. The number of likely N-dealkylation sites (tertiary alicyclic amines) is 1. The Balaban J connectivity index is 1.53. The van der Waals surface area contributed by atoms with E-state index in [1.165, 1.54) is 6.20 Å². The number of aryl methyl sites for hydroxylation is 1. The molecule has 9 nitrogen and oxygen atoms in total. The summed E-state index contributed by atoms with van der Waals surface area (Å²) in [6.07, 6.45) is 2.43. The first-order chi connectivity index (χ1) is 15.4. The molecular formula is C22H23N5O4S. The lowest BCUT2D eigenvalue weighted by Crippen LogP contribution is -2.42. The number of nitrogens with one attached hydrogen (secondary N) is 1. The molecular weight excluding hydrogens is 430 g/mol. The van der Waals surface area contributed by atoms with Crippen LogP contribution in [0.25, 0.3) is 0 Å². The summed E-state index contributed by atoms with van der Waals surface area (Å²) in [7, 11) is 0. The number of anilines is 1. The van der Waals surface area contributed by atoms with E-state index in [1.54, 1.807) is 42.2 Å². The number of hydrogen-bond donors (Lipinski definition) is 1. The maximum absolute atomic E-state index is 12.7. The van der Waals surface area contributed by atoms with E-state index in [9.17, 15) is 9.59 Å². The van der Waals surface area contributed by atoms with E-state index in [0.29, 0.717) is 39.5 Å². The highest BCUT2D eigenvalue weighted by atomic mass is 32.1. The minimum absolute atomic E-state index is 0.0824. The predicted octanol–water partition coefficient (Wildman–Crippen LogP) is 3.92. The summed E-state index contributed by atoms with van der Waals surface area (Å²) >= 11 is 1.11. The Morgan fingerprint density at radius 2 is 1.91 bits per heavy atom. The van der Waals surface area contributed by atoms with Crippen LogP contribution >= 0.6 is 11.5 Å². The summed E-state index contributed by atoms with van der Waals surface area (Å²) in [5.41, 5.74) is 0.727. The number of carbonyl (C=O) groups is 2. The van der Waals surface area contributed by atoms with Gasteiger partial charge in [-0.1, -0.05) is 0 Å². The average Bonchev–Trinajstić information content (AvgIpc) is 3.11. The molecule has 0 spiro atoms. The first-order valence-corrected chi connectivity index (χ1v) is 11.0. The maximum atomic E-state index is 12.7. The molecule has 4 rings (SSSR count). The number of benzene rings is 1. The highest BCUT2D eigenvalue weighted by molar-refractivity contribution is 7.09. The van der Waals surface area contributed by atoms with Gasteiger partial charge in [0.2, 0.25) is 5.13 Å². The van der Waals surface area contributed by atoms with Crippen molar-refractivity contribution < 1.29 is 19.1 Å². The average molecular weight is 454 g/mol. The third kappa shape index (κ3) is 5.20. The number of nitrogens with zero attached hydrogens (tertiary/aromatic N) is 4. The molecule has 2 aromatic heterocycles. The Kier molecular flexibility index (Phi) is 6.31. The van der Waals surface area contributed by atoms with Gasteiger partial charge in [-0.05, 0) is 51.5 Å². The molecule has 1 aliphatic rings. The zero-order valence-electron chi connectivity index (χ0n) is 18.0. The Morgan fingerprint density at radius 1 is 1.12 bits per heavy atom. The third-order valence-electron chi connectivity index (χ3n) is 4.60. The Morgan fingerprint density at radius 3 is 2.50 bits per heavy atom. The van der Waals surface area contributed by atoms with Gasteiger partial charge in [-0.3, -0.25) is 14.9 Å². The second kappa shape index (κ2) is 9.31. The lowest BCUT2D eigenvalue weighted by molar-refractivity contribution is 0.0645. The van der Waals surface area contributed by atoms with E-state index in [2.05, 4.69) is 19.7 Å². The van der Waals surface area contributed by atoms with Gasteiger partial charge in [0.1, 0.15) is 28.8 Å². The Labute approximate surface area is 189 Å². The largest absolute Gasteiger partial charge is 0.491 e. The van der Waals surface area contributed by atoms with Crippen molar-refractivity contribution in [3.8, 4) is 17.2 Å². The van der Waals surface area contributed by atoms with E-state index in [-0.39, 0.29) is 17.9 Å². The molecule has 0 unspecified atom stereocenters. The molecule has 1 aliphatic heterocycles. The fraction of sp³-hybridized carbons (Fsp3) is 0.318. The smallest absolute Gasteiger partial charge is 0.272 e. The zero-order chi connectivity index (χ0) is 22.7. The number of carbonyl (C=O) groups excluding carboxylic acids is 2. The molecule has 2 amide bonds. The van der Waals surface area contributed by atoms with Crippen molar-refractivity contribution in [1.29, 1.82) is 0 Å². The number of hydrogen-bond acceptors (Lipinski definition) is 8. The van der Waals surface area contributed by atoms with Gasteiger partial charge >= 0.3 is 0 Å². The fourth-order valence-corrected chi connectivity index (χ4v) is 3.57. The number of rotatable bonds is 7. The number of pyridine rings is 1. The predicted molar refractivity (Wildman–Crippen MR) is 120 cm³/mol. The third-order valence-corrected chi connectivity index (χ3v) is 5.32. The van der Waals surface area contributed by atoms with E-state index >= 15 is 0 Å². The summed E-state index contributed by atoms with van der Waals surface area (Å²) in [6, 6.07) is 8.26. The minimum atomic E-state index is -0.353. The highest BCUT2D eigenvalue weighted by Crippen LogP contribution is 2.29. The molecule has 0 radical (unpaired) electrons. The van der Waals surface area contributed by atoms with Crippen LogP contribution in [0.2, 0.25) is 0 Å². The number of ether oxygens (including phenoxy) is 2. The topological polar surface area (TPSA) is 107 Å². The van der Waals surface area contributed by atoms with Crippen LogP contribution < -0.4 is 14.8 Å². The standard InChI is InChI=1S/C22H23N5O4S/c1-13(2)30-17-9-15(20(28)25-22-24-14(3)26-32-22)10-18(11-17)31-16-5-6-19(23-12-16)21(29)27-7-4-8-27/h5-6,9-13H,4,7-8H2,1-3H3,(H,24,25,26,28). The highest BCUT2D eigenvalue weighted by Gasteiger charge is 2.22. The second-order valence-electron chi connectivity index (χ2n) is 7.59. The molecule has 1 aromatic carbocycles. The Bertz CT molecular complexity index is 1130. The van der Waals surface area contributed by atoms with Crippen LogP contribution in [0.1, 0.15) is 46.9 Å². The second-order valence-corrected chi connectivity index (χ2v) is 8.34. The molecule has 0 saturated carbocycles. The lowest BCUT2D eigenvalue weighted by Gasteiger charge is -2.30. The van der Waals surface area contributed by atoms with Gasteiger partial charge in [0.05, 0.1) is 12.3 Å². The van der Waals surface area contributed by atoms with Crippen molar-refractivity contribution in [2.45, 2.75) is 33.3 Å². The summed E-state index contributed by atoms with van der Waals surface area (Å²) in [5.74, 6) is 1.50. The SMILES string of the molecule is Cc1nsc(NC(=O)c2cc(Oc3ccc(C(=O)N4CCC4)nc3)cc(OC(C)C)c2)n1. The van der Waals surface area contributed by atoms with Gasteiger partial charge in [0.25, 0.3) is 11.8 Å². The summed E-state index contributed by atoms with van der Waals surface area (Å²) < 4.78 is 15.8. The van der Waals surface area contributed by atoms with Crippen LogP contribution in [0.4, 0.5) is 5.13 Å². The van der Waals surface area contributed by atoms with Crippen molar-refractivity contribution >= 4 is 28.5 Å². The molecule has 166 valence electrons. The molecule has 1 fully saturated rings. The van der Waals surface area contributed by atoms with Crippen LogP contribution in [0.3, 0.4) is 0 Å². The molecule has 1 saturated heterocycles. The molecule has 0 bridgehead atoms. The quantitative estimate of drug-likeness (QED) is 0.578. The van der Waals surface area contributed by atoms with Crippen LogP contribution in [0, 0.1) is 6.92 Å². The maximum Gasteiger partial charge on any atom is 0.272 e. The first-order valence-electron chi connectivity index (χ1n) is 10.2.